The number of amides is 1. The van der Waals surface area contributed by atoms with E-state index in [1.54, 1.807) is 18.0 Å². The van der Waals surface area contributed by atoms with E-state index < -0.39 is 0 Å². The summed E-state index contributed by atoms with van der Waals surface area (Å²) in [6.07, 6.45) is 2.27. The number of carbonyl (C=O) groups is 1. The number of benzene rings is 2. The van der Waals surface area contributed by atoms with Crippen molar-refractivity contribution in [2.24, 2.45) is 0 Å². The van der Waals surface area contributed by atoms with Crippen molar-refractivity contribution in [3.05, 3.63) is 77.2 Å². The minimum absolute atomic E-state index is 0.0650. The molecule has 0 radical (unpaired) electrons. The number of fused-ring (bicyclic) bond motifs is 1. The maximum Gasteiger partial charge on any atom is 0.254 e. The first kappa shape index (κ1) is 15.8. The Kier molecular flexibility index (Phi) is 3.96. The highest BCUT2D eigenvalue weighted by atomic mass is 19.1. The Hall–Kier alpha value is -2.75. The molecule has 126 valence electrons. The van der Waals surface area contributed by atoms with Crippen molar-refractivity contribution < 1.29 is 9.18 Å². The normalized spacial score (nSPS) is 13.8. The van der Waals surface area contributed by atoms with E-state index in [1.165, 1.54) is 12.1 Å². The summed E-state index contributed by atoms with van der Waals surface area (Å²) in [5.74, 6) is 0.123. The maximum atomic E-state index is 13.4. The van der Waals surface area contributed by atoms with E-state index in [9.17, 15) is 9.18 Å². The van der Waals surface area contributed by atoms with Crippen LogP contribution in [0.1, 0.15) is 40.4 Å². The molecule has 0 spiro atoms. The lowest BCUT2D eigenvalue weighted by Crippen LogP contribution is -2.26. The summed E-state index contributed by atoms with van der Waals surface area (Å²) >= 11 is 0. The molecule has 1 saturated carbocycles. The first-order valence-corrected chi connectivity index (χ1v) is 8.51. The number of aromatic nitrogens is 1. The van der Waals surface area contributed by atoms with Crippen LogP contribution in [0.15, 0.2) is 54.6 Å². The van der Waals surface area contributed by atoms with E-state index >= 15 is 0 Å². The molecule has 1 aliphatic carbocycles. The zero-order valence-corrected chi connectivity index (χ0v) is 14.1. The van der Waals surface area contributed by atoms with Crippen molar-refractivity contribution in [3.8, 4) is 0 Å². The van der Waals surface area contributed by atoms with Crippen LogP contribution in [0.3, 0.4) is 0 Å². The number of para-hydroxylation sites is 1. The molecule has 0 unspecified atom stereocenters. The van der Waals surface area contributed by atoms with E-state index in [0.29, 0.717) is 18.0 Å². The Bertz CT molecular complexity index is 950. The van der Waals surface area contributed by atoms with E-state index in [1.807, 2.05) is 36.4 Å². The molecule has 1 amide bonds. The number of carbonyl (C=O) groups excluding carboxylic acids is 1. The van der Waals surface area contributed by atoms with Gasteiger partial charge in [-0.2, -0.15) is 0 Å². The standard InChI is InChI=1S/C21H19FN2O/c1-24(13-14-5-4-6-16(22)11-14)21(25)18-12-20(15-9-10-15)23-19-8-3-2-7-17(18)19/h2-8,11-12,15H,9-10,13H2,1H3. The first-order valence-electron chi connectivity index (χ1n) is 8.51. The van der Waals surface area contributed by atoms with Gasteiger partial charge in [-0.25, -0.2) is 4.39 Å². The average Bonchev–Trinajstić information content (AvgIpc) is 3.45. The molecule has 1 aromatic heterocycles. The lowest BCUT2D eigenvalue weighted by molar-refractivity contribution is 0.0786. The topological polar surface area (TPSA) is 33.2 Å². The quantitative estimate of drug-likeness (QED) is 0.702. The van der Waals surface area contributed by atoms with Crippen LogP contribution in [-0.2, 0) is 6.54 Å². The average molecular weight is 334 g/mol. The molecule has 1 heterocycles. The number of hydrogen-bond acceptors (Lipinski definition) is 2. The largest absolute Gasteiger partial charge is 0.337 e. The smallest absolute Gasteiger partial charge is 0.254 e. The van der Waals surface area contributed by atoms with Crippen LogP contribution in [-0.4, -0.2) is 22.8 Å². The predicted molar refractivity (Wildman–Crippen MR) is 95.9 cm³/mol. The number of pyridine rings is 1. The van der Waals surface area contributed by atoms with E-state index in [4.69, 9.17) is 4.98 Å². The molecule has 2 aromatic carbocycles. The van der Waals surface area contributed by atoms with Gasteiger partial charge in [0.1, 0.15) is 5.82 Å². The fourth-order valence-electron chi connectivity index (χ4n) is 3.15. The SMILES string of the molecule is CN(Cc1cccc(F)c1)C(=O)c1cc(C2CC2)nc2ccccc12. The van der Waals surface area contributed by atoms with Crippen molar-refractivity contribution in [1.29, 1.82) is 0 Å². The van der Waals surface area contributed by atoms with Crippen molar-refractivity contribution in [2.75, 3.05) is 7.05 Å². The van der Waals surface area contributed by atoms with Gasteiger partial charge >= 0.3 is 0 Å². The fourth-order valence-corrected chi connectivity index (χ4v) is 3.15. The third-order valence-corrected chi connectivity index (χ3v) is 4.62. The van der Waals surface area contributed by atoms with Gasteiger partial charge in [0.05, 0.1) is 11.1 Å². The van der Waals surface area contributed by atoms with Crippen LogP contribution < -0.4 is 0 Å². The van der Waals surface area contributed by atoms with Gasteiger partial charge < -0.3 is 4.90 Å². The van der Waals surface area contributed by atoms with Crippen LogP contribution in [0.25, 0.3) is 10.9 Å². The van der Waals surface area contributed by atoms with Crippen molar-refractivity contribution in [3.63, 3.8) is 0 Å². The third kappa shape index (κ3) is 3.25. The summed E-state index contributed by atoms with van der Waals surface area (Å²) in [6.45, 7) is 0.367. The van der Waals surface area contributed by atoms with E-state index in [2.05, 4.69) is 0 Å². The molecule has 1 aliphatic rings. The van der Waals surface area contributed by atoms with Crippen molar-refractivity contribution >= 4 is 16.8 Å². The number of hydrogen-bond donors (Lipinski definition) is 0. The maximum absolute atomic E-state index is 13.4. The van der Waals surface area contributed by atoms with Gasteiger partial charge in [-0.05, 0) is 42.7 Å². The fraction of sp³-hybridized carbons (Fsp3) is 0.238. The lowest BCUT2D eigenvalue weighted by atomic mass is 10.0. The molecule has 4 heteroatoms. The highest BCUT2D eigenvalue weighted by Gasteiger charge is 2.27. The second kappa shape index (κ2) is 6.28. The van der Waals surface area contributed by atoms with Gasteiger partial charge in [0.2, 0.25) is 0 Å². The Morgan fingerprint density at radius 2 is 1.96 bits per heavy atom. The number of rotatable bonds is 4. The second-order valence-corrected chi connectivity index (χ2v) is 6.68. The summed E-state index contributed by atoms with van der Waals surface area (Å²) in [6, 6.07) is 16.0. The molecule has 0 N–H and O–H groups in total. The van der Waals surface area contributed by atoms with Gasteiger partial charge in [0, 0.05) is 30.6 Å². The Morgan fingerprint density at radius 1 is 1.16 bits per heavy atom. The molecule has 25 heavy (non-hydrogen) atoms. The highest BCUT2D eigenvalue weighted by molar-refractivity contribution is 6.06. The number of nitrogens with zero attached hydrogens (tertiary/aromatic N) is 2. The first-order chi connectivity index (χ1) is 12.1. The second-order valence-electron chi connectivity index (χ2n) is 6.68. The minimum Gasteiger partial charge on any atom is -0.337 e. The van der Waals surface area contributed by atoms with Crippen LogP contribution >= 0.6 is 0 Å². The zero-order valence-electron chi connectivity index (χ0n) is 14.1. The summed E-state index contributed by atoms with van der Waals surface area (Å²) in [5, 5.41) is 0.864. The summed E-state index contributed by atoms with van der Waals surface area (Å²) in [5.41, 5.74) is 3.30. The monoisotopic (exact) mass is 334 g/mol. The van der Waals surface area contributed by atoms with Crippen LogP contribution in [0, 0.1) is 5.82 Å². The predicted octanol–water partition coefficient (Wildman–Crippen LogP) is 4.52. The molecule has 4 rings (SSSR count). The molecule has 3 nitrogen and oxygen atoms in total. The van der Waals surface area contributed by atoms with Gasteiger partial charge in [-0.15, -0.1) is 0 Å². The van der Waals surface area contributed by atoms with Gasteiger partial charge in [-0.3, -0.25) is 9.78 Å². The molecule has 0 bridgehead atoms. The molecule has 3 aromatic rings. The summed E-state index contributed by atoms with van der Waals surface area (Å²) in [7, 11) is 1.75. The van der Waals surface area contributed by atoms with Crippen LogP contribution in [0.2, 0.25) is 0 Å². The number of halogens is 1. The van der Waals surface area contributed by atoms with E-state index in [0.717, 1.165) is 35.0 Å². The van der Waals surface area contributed by atoms with E-state index in [-0.39, 0.29) is 11.7 Å². The molecule has 0 aliphatic heterocycles. The molecular formula is C21H19FN2O. The molecular weight excluding hydrogens is 315 g/mol. The lowest BCUT2D eigenvalue weighted by Gasteiger charge is -2.19. The minimum atomic E-state index is -0.288. The molecule has 0 atom stereocenters. The third-order valence-electron chi connectivity index (χ3n) is 4.62. The molecule has 0 saturated heterocycles. The Morgan fingerprint density at radius 3 is 2.72 bits per heavy atom. The highest BCUT2D eigenvalue weighted by Crippen LogP contribution is 2.40. The van der Waals surface area contributed by atoms with Gasteiger partial charge in [0.15, 0.2) is 0 Å². The Labute approximate surface area is 146 Å². The zero-order chi connectivity index (χ0) is 17.4. The van der Waals surface area contributed by atoms with Crippen LogP contribution in [0.5, 0.6) is 0 Å². The summed E-state index contributed by atoms with van der Waals surface area (Å²) < 4.78 is 13.4. The Balaban J connectivity index is 1.69. The summed E-state index contributed by atoms with van der Waals surface area (Å²) in [4.78, 5) is 19.4. The van der Waals surface area contributed by atoms with Crippen molar-refractivity contribution in [2.45, 2.75) is 25.3 Å². The van der Waals surface area contributed by atoms with Gasteiger partial charge in [-0.1, -0.05) is 30.3 Å². The molecule has 1 fully saturated rings. The van der Waals surface area contributed by atoms with Crippen molar-refractivity contribution in [1.82, 2.24) is 9.88 Å². The van der Waals surface area contributed by atoms with Gasteiger partial charge in [0.25, 0.3) is 5.91 Å². The van der Waals surface area contributed by atoms with Crippen LogP contribution in [0.4, 0.5) is 4.39 Å².